The smallest absolute Gasteiger partial charge is 0.229 e. The number of pyridine rings is 1. The van der Waals surface area contributed by atoms with Crippen molar-refractivity contribution in [2.24, 2.45) is 0 Å². The SMILES string of the molecule is CCN(c1ncc(F)cc1NC(C)(C)C)C1CCN(c2cc3cc(NS(C)(=O)=O)ccc3[nH]2)C(C=O)C1. The first kappa shape index (κ1) is 26.7. The minimum absolute atomic E-state index is 0.0462. The third-order valence-corrected chi connectivity index (χ3v) is 7.00. The van der Waals surface area contributed by atoms with Crippen LogP contribution < -0.4 is 19.8 Å². The largest absolute Gasteiger partial charge is 0.377 e. The van der Waals surface area contributed by atoms with Crippen molar-refractivity contribution in [2.75, 3.05) is 39.2 Å². The summed E-state index contributed by atoms with van der Waals surface area (Å²) in [6.07, 6.45) is 4.68. The molecule has 11 heteroatoms. The topological polar surface area (TPSA) is 110 Å². The van der Waals surface area contributed by atoms with Gasteiger partial charge in [0.05, 0.1) is 24.2 Å². The van der Waals surface area contributed by atoms with Crippen molar-refractivity contribution in [3.63, 3.8) is 0 Å². The molecular weight excluding hydrogens is 495 g/mol. The van der Waals surface area contributed by atoms with E-state index in [9.17, 15) is 17.6 Å². The molecule has 2 aromatic heterocycles. The van der Waals surface area contributed by atoms with Crippen LogP contribution in [0.2, 0.25) is 0 Å². The molecule has 2 unspecified atom stereocenters. The molecule has 3 N–H and O–H groups in total. The molecule has 1 aliphatic heterocycles. The minimum atomic E-state index is -3.38. The lowest BCUT2D eigenvalue weighted by molar-refractivity contribution is -0.109. The maximum absolute atomic E-state index is 14.1. The molecule has 0 saturated carbocycles. The summed E-state index contributed by atoms with van der Waals surface area (Å²) in [5.74, 6) is 1.08. The van der Waals surface area contributed by atoms with E-state index in [1.54, 1.807) is 12.1 Å². The summed E-state index contributed by atoms with van der Waals surface area (Å²) in [4.78, 5) is 24.2. The molecule has 3 heterocycles. The number of carbonyl (C=O) groups is 1. The van der Waals surface area contributed by atoms with Gasteiger partial charge in [0.15, 0.2) is 5.82 Å². The van der Waals surface area contributed by atoms with Crippen LogP contribution in [0.4, 0.5) is 27.4 Å². The van der Waals surface area contributed by atoms with Gasteiger partial charge in [-0.2, -0.15) is 0 Å². The molecule has 0 aliphatic carbocycles. The van der Waals surface area contributed by atoms with E-state index >= 15 is 0 Å². The normalized spacial score (nSPS) is 18.6. The number of aldehydes is 1. The molecule has 2 atom stereocenters. The third-order valence-electron chi connectivity index (χ3n) is 6.39. The quantitative estimate of drug-likeness (QED) is 0.372. The Labute approximate surface area is 217 Å². The number of hydrogen-bond acceptors (Lipinski definition) is 7. The molecular formula is C26H35FN6O3S. The first-order valence-electron chi connectivity index (χ1n) is 12.4. The Morgan fingerprint density at radius 1 is 1.27 bits per heavy atom. The molecule has 4 rings (SSSR count). The number of anilines is 4. The summed E-state index contributed by atoms with van der Waals surface area (Å²) >= 11 is 0. The van der Waals surface area contributed by atoms with Gasteiger partial charge >= 0.3 is 0 Å². The average molecular weight is 531 g/mol. The summed E-state index contributed by atoms with van der Waals surface area (Å²) in [5.41, 5.74) is 1.69. The number of aromatic nitrogens is 2. The number of nitrogens with zero attached hydrogens (tertiary/aromatic N) is 3. The predicted molar refractivity (Wildman–Crippen MR) is 148 cm³/mol. The molecule has 0 spiro atoms. The number of rotatable bonds is 8. The summed E-state index contributed by atoms with van der Waals surface area (Å²) < 4.78 is 39.7. The van der Waals surface area contributed by atoms with Crippen LogP contribution in [0.1, 0.15) is 40.5 Å². The van der Waals surface area contributed by atoms with Gasteiger partial charge in [-0.3, -0.25) is 4.72 Å². The Hall–Kier alpha value is -3.34. The highest BCUT2D eigenvalue weighted by Crippen LogP contribution is 2.34. The maximum Gasteiger partial charge on any atom is 0.229 e. The van der Waals surface area contributed by atoms with Crippen molar-refractivity contribution in [3.05, 3.63) is 42.3 Å². The van der Waals surface area contributed by atoms with Crippen molar-refractivity contribution >= 4 is 50.2 Å². The highest BCUT2D eigenvalue weighted by Gasteiger charge is 2.33. The standard InChI is InChI=1S/C26H35FN6O3S/c1-6-32(25-23(30-26(2,3)4)13-18(27)15-28-25)20-9-10-33(21(14-20)16-34)24-12-17-11-19(31-37(5,35)36)7-8-22(17)29-24/h7-8,11-13,15-16,20-21,29-31H,6,9-10,14H2,1-5H3. The fourth-order valence-electron chi connectivity index (χ4n) is 4.98. The van der Waals surface area contributed by atoms with Crippen LogP contribution >= 0.6 is 0 Å². The zero-order valence-corrected chi connectivity index (χ0v) is 22.7. The summed E-state index contributed by atoms with van der Waals surface area (Å²) in [7, 11) is -3.38. The minimum Gasteiger partial charge on any atom is -0.377 e. The summed E-state index contributed by atoms with van der Waals surface area (Å²) in [6, 6.07) is 8.37. The van der Waals surface area contributed by atoms with Crippen molar-refractivity contribution < 1.29 is 17.6 Å². The van der Waals surface area contributed by atoms with Gasteiger partial charge < -0.3 is 24.9 Å². The number of H-pyrrole nitrogens is 1. The van der Waals surface area contributed by atoms with Gasteiger partial charge in [0.25, 0.3) is 0 Å². The molecule has 37 heavy (non-hydrogen) atoms. The monoisotopic (exact) mass is 530 g/mol. The number of aromatic amines is 1. The molecule has 1 saturated heterocycles. The zero-order valence-electron chi connectivity index (χ0n) is 21.9. The van der Waals surface area contributed by atoms with Crippen molar-refractivity contribution in [1.82, 2.24) is 9.97 Å². The summed E-state index contributed by atoms with van der Waals surface area (Å²) in [5, 5.41) is 4.21. The number of sulfonamides is 1. The lowest BCUT2D eigenvalue weighted by atomic mass is 9.96. The number of fused-ring (bicyclic) bond motifs is 1. The van der Waals surface area contributed by atoms with E-state index in [2.05, 4.69) is 24.9 Å². The van der Waals surface area contributed by atoms with E-state index in [4.69, 9.17) is 0 Å². The number of nitrogens with one attached hydrogen (secondary N) is 3. The molecule has 9 nitrogen and oxygen atoms in total. The van der Waals surface area contributed by atoms with Crippen molar-refractivity contribution in [3.8, 4) is 0 Å². The van der Waals surface area contributed by atoms with Gasteiger partial charge in [-0.15, -0.1) is 0 Å². The van der Waals surface area contributed by atoms with E-state index in [1.165, 1.54) is 12.3 Å². The van der Waals surface area contributed by atoms with E-state index in [0.29, 0.717) is 36.7 Å². The van der Waals surface area contributed by atoms with E-state index < -0.39 is 15.8 Å². The number of benzene rings is 1. The van der Waals surface area contributed by atoms with Crippen molar-refractivity contribution in [1.29, 1.82) is 0 Å². The fraction of sp³-hybridized carbons (Fsp3) is 0.462. The first-order valence-corrected chi connectivity index (χ1v) is 14.3. The molecule has 1 fully saturated rings. The third kappa shape index (κ3) is 6.33. The Morgan fingerprint density at radius 2 is 2.03 bits per heavy atom. The molecule has 3 aromatic rings. The Bertz CT molecular complexity index is 1380. The van der Waals surface area contributed by atoms with Crippen LogP contribution in [-0.2, 0) is 14.8 Å². The van der Waals surface area contributed by atoms with Gasteiger partial charge in [-0.25, -0.2) is 17.8 Å². The highest BCUT2D eigenvalue weighted by molar-refractivity contribution is 7.92. The second kappa shape index (κ2) is 10.2. The van der Waals surface area contributed by atoms with Crippen LogP contribution in [0.15, 0.2) is 36.5 Å². The predicted octanol–water partition coefficient (Wildman–Crippen LogP) is 4.35. The molecule has 0 amide bonds. The van der Waals surface area contributed by atoms with Crippen LogP contribution in [0.5, 0.6) is 0 Å². The van der Waals surface area contributed by atoms with Gasteiger partial charge in [0.2, 0.25) is 10.0 Å². The Morgan fingerprint density at radius 3 is 2.68 bits per heavy atom. The van der Waals surface area contributed by atoms with E-state index in [0.717, 1.165) is 35.7 Å². The Kier molecular flexibility index (Phi) is 7.36. The Balaban J connectivity index is 1.57. The van der Waals surface area contributed by atoms with Gasteiger partial charge in [-0.05, 0) is 64.8 Å². The van der Waals surface area contributed by atoms with Crippen LogP contribution in [0.3, 0.4) is 0 Å². The zero-order chi connectivity index (χ0) is 27.0. The second-order valence-corrected chi connectivity index (χ2v) is 12.3. The maximum atomic E-state index is 14.1. The molecule has 1 aromatic carbocycles. The van der Waals surface area contributed by atoms with Gasteiger partial charge in [0.1, 0.15) is 17.9 Å². The summed E-state index contributed by atoms with van der Waals surface area (Å²) in [6.45, 7) is 9.37. The number of piperidine rings is 1. The highest BCUT2D eigenvalue weighted by atomic mass is 32.2. The lowest BCUT2D eigenvalue weighted by Crippen LogP contribution is -2.51. The van der Waals surface area contributed by atoms with Crippen LogP contribution in [0.25, 0.3) is 10.9 Å². The van der Waals surface area contributed by atoms with Crippen LogP contribution in [-0.4, -0.2) is 61.6 Å². The molecule has 1 aliphatic rings. The second-order valence-electron chi connectivity index (χ2n) is 10.6. The van der Waals surface area contributed by atoms with E-state index in [-0.39, 0.29) is 17.6 Å². The van der Waals surface area contributed by atoms with Gasteiger partial charge in [-0.1, -0.05) is 0 Å². The van der Waals surface area contributed by atoms with Crippen molar-refractivity contribution in [2.45, 2.75) is 58.2 Å². The number of halogens is 1. The van der Waals surface area contributed by atoms with E-state index in [1.807, 2.05) is 44.7 Å². The number of carbonyl (C=O) groups excluding carboxylic acids is 1. The lowest BCUT2D eigenvalue weighted by Gasteiger charge is -2.43. The molecule has 0 bridgehead atoms. The fourth-order valence-corrected chi connectivity index (χ4v) is 5.53. The molecule has 0 radical (unpaired) electrons. The number of hydrogen-bond donors (Lipinski definition) is 3. The molecule has 200 valence electrons. The first-order chi connectivity index (χ1) is 17.4. The van der Waals surface area contributed by atoms with Crippen LogP contribution in [0, 0.1) is 5.82 Å². The van der Waals surface area contributed by atoms with Gasteiger partial charge in [0, 0.05) is 47.3 Å². The average Bonchev–Trinajstić information content (AvgIpc) is 3.21.